The van der Waals surface area contributed by atoms with Crippen LogP contribution < -0.4 is 40.4 Å². The fourth-order valence-corrected chi connectivity index (χ4v) is 2.92. The molecule has 2 N–H and O–H groups in total. The van der Waals surface area contributed by atoms with Crippen molar-refractivity contribution in [3.8, 4) is 0 Å². The summed E-state index contributed by atoms with van der Waals surface area (Å²) in [6.45, 7) is 0. The Balaban J connectivity index is 0.00000242. The van der Waals surface area contributed by atoms with Crippen molar-refractivity contribution in [2.45, 2.75) is 9.79 Å². The second kappa shape index (κ2) is 7.99. The largest absolute Gasteiger partial charge is 1.00 e. The Morgan fingerprint density at radius 2 is 1.00 bits per heavy atom. The zero-order valence-corrected chi connectivity index (χ0v) is 14.4. The van der Waals surface area contributed by atoms with Gasteiger partial charge in [0.1, 0.15) is 0 Å². The summed E-state index contributed by atoms with van der Waals surface area (Å²) in [5.74, 6) is 0. The summed E-state index contributed by atoms with van der Waals surface area (Å²) in [5.41, 5.74) is 5.13. The molecule has 0 atom stereocenters. The van der Waals surface area contributed by atoms with Gasteiger partial charge in [0.05, 0.1) is 31.7 Å². The number of nitrogens with zero attached hydrogens (tertiary/aromatic N) is 2. The molecule has 0 amide bonds. The number of hydrogen-bond acceptors (Lipinski definition) is 6. The van der Waals surface area contributed by atoms with E-state index >= 15 is 0 Å². The molecule has 108 valence electrons. The van der Waals surface area contributed by atoms with Crippen molar-refractivity contribution >= 4 is 21.2 Å². The van der Waals surface area contributed by atoms with Crippen LogP contribution >= 0.6 is 0 Å². The standard InChI is InChI=1S/C12H10N4O4S.Na/c17-15-13-9-1-5-11(6-2-9)21(19,20)12-7-3-10(4-8-12)14-16-18;/h1-8H,(H,13,17)(H,14,18);/q;+1. The molecule has 0 saturated heterocycles. The van der Waals surface area contributed by atoms with Gasteiger partial charge in [-0.25, -0.2) is 19.3 Å². The average molecular weight is 329 g/mol. The van der Waals surface area contributed by atoms with Gasteiger partial charge in [0.2, 0.25) is 9.84 Å². The van der Waals surface area contributed by atoms with Gasteiger partial charge in [-0.05, 0) is 48.5 Å². The second-order valence-corrected chi connectivity index (χ2v) is 5.91. The first kappa shape index (κ1) is 18.2. The maximum Gasteiger partial charge on any atom is 1.00 e. The normalized spacial score (nSPS) is 10.2. The van der Waals surface area contributed by atoms with E-state index in [1.54, 1.807) is 0 Å². The van der Waals surface area contributed by atoms with Crippen molar-refractivity contribution in [3.05, 3.63) is 58.3 Å². The number of benzene rings is 2. The van der Waals surface area contributed by atoms with E-state index in [-0.39, 0.29) is 39.3 Å². The van der Waals surface area contributed by atoms with Crippen LogP contribution in [-0.4, -0.2) is 8.42 Å². The molecule has 8 nitrogen and oxygen atoms in total. The first-order chi connectivity index (χ1) is 10.1. The Hall–Kier alpha value is -1.81. The van der Waals surface area contributed by atoms with Crippen molar-refractivity contribution in [1.82, 2.24) is 0 Å². The fourth-order valence-electron chi connectivity index (χ4n) is 1.66. The van der Waals surface area contributed by atoms with Gasteiger partial charge in [0.25, 0.3) is 0 Å². The summed E-state index contributed by atoms with van der Waals surface area (Å²) in [4.78, 5) is 20.2. The average Bonchev–Trinajstić information content (AvgIpc) is 2.49. The van der Waals surface area contributed by atoms with E-state index in [1.165, 1.54) is 48.5 Å². The van der Waals surface area contributed by atoms with Gasteiger partial charge in [-0.1, -0.05) is 0 Å². The molecule has 2 aromatic carbocycles. The summed E-state index contributed by atoms with van der Waals surface area (Å²) in [5, 5.41) is 4.98. The number of sulfone groups is 1. The van der Waals surface area contributed by atoms with Gasteiger partial charge < -0.3 is 0 Å². The SMILES string of the molecule is O=NNc1ccc(S(=O)(=O)c2ccc(NN=O)cc2)cc1.[Na+]. The molecule has 0 aromatic heterocycles. The molecule has 10 heteroatoms. The molecule has 0 aliphatic heterocycles. The fraction of sp³-hybridized carbons (Fsp3) is 0. The van der Waals surface area contributed by atoms with Crippen molar-refractivity contribution in [3.63, 3.8) is 0 Å². The minimum atomic E-state index is -3.68. The summed E-state index contributed by atoms with van der Waals surface area (Å²) >= 11 is 0. The molecular weight excluding hydrogens is 319 g/mol. The maximum absolute atomic E-state index is 12.4. The maximum atomic E-state index is 12.4. The number of nitroso groups, excluding NO2 is 2. The predicted molar refractivity (Wildman–Crippen MR) is 77.2 cm³/mol. The Bertz CT molecular complexity index is 688. The van der Waals surface area contributed by atoms with E-state index in [0.29, 0.717) is 11.4 Å². The third-order valence-corrected chi connectivity index (χ3v) is 4.46. The van der Waals surface area contributed by atoms with E-state index in [0.717, 1.165) is 0 Å². The Labute approximate surface area is 148 Å². The quantitative estimate of drug-likeness (QED) is 0.427. The topological polar surface area (TPSA) is 117 Å². The van der Waals surface area contributed by atoms with Crippen molar-refractivity contribution in [2.75, 3.05) is 10.9 Å². The first-order valence-electron chi connectivity index (χ1n) is 5.70. The Kier molecular flexibility index (Phi) is 6.62. The predicted octanol–water partition coefficient (Wildman–Crippen LogP) is -0.290. The molecule has 0 radical (unpaired) electrons. The van der Waals surface area contributed by atoms with Crippen LogP contribution in [0.4, 0.5) is 11.4 Å². The molecule has 0 heterocycles. The van der Waals surface area contributed by atoms with Gasteiger partial charge >= 0.3 is 29.6 Å². The summed E-state index contributed by atoms with van der Waals surface area (Å²) in [7, 11) is -3.68. The number of rotatable bonds is 6. The van der Waals surface area contributed by atoms with Crippen LogP contribution in [0, 0.1) is 9.81 Å². The second-order valence-electron chi connectivity index (χ2n) is 3.96. The van der Waals surface area contributed by atoms with Crippen LogP contribution in [0.1, 0.15) is 0 Å². The third-order valence-electron chi connectivity index (χ3n) is 2.68. The molecule has 0 fully saturated rings. The molecule has 2 aromatic rings. The summed E-state index contributed by atoms with van der Waals surface area (Å²) in [6.07, 6.45) is 0. The van der Waals surface area contributed by atoms with Crippen LogP contribution in [0.3, 0.4) is 0 Å². The Morgan fingerprint density at radius 1 is 0.682 bits per heavy atom. The van der Waals surface area contributed by atoms with Gasteiger partial charge in [-0.3, -0.25) is 0 Å². The Morgan fingerprint density at radius 3 is 1.27 bits per heavy atom. The molecule has 0 bridgehead atoms. The molecule has 0 unspecified atom stereocenters. The molecule has 0 spiro atoms. The minimum absolute atomic E-state index is 0. The van der Waals surface area contributed by atoms with Gasteiger partial charge in [-0.15, -0.1) is 9.81 Å². The van der Waals surface area contributed by atoms with Crippen LogP contribution in [0.15, 0.2) is 68.9 Å². The zero-order chi connectivity index (χ0) is 15.3. The zero-order valence-electron chi connectivity index (χ0n) is 11.6. The minimum Gasteiger partial charge on any atom is -0.242 e. The van der Waals surface area contributed by atoms with Crippen molar-refractivity contribution in [1.29, 1.82) is 0 Å². The third kappa shape index (κ3) is 4.10. The van der Waals surface area contributed by atoms with E-state index in [1.807, 2.05) is 0 Å². The van der Waals surface area contributed by atoms with Crippen LogP contribution in [0.2, 0.25) is 0 Å². The summed E-state index contributed by atoms with van der Waals surface area (Å²) < 4.78 is 24.7. The van der Waals surface area contributed by atoms with E-state index in [2.05, 4.69) is 21.4 Å². The van der Waals surface area contributed by atoms with Crippen molar-refractivity contribution in [2.24, 2.45) is 10.6 Å². The molecular formula is C12H10N4NaO4S+. The van der Waals surface area contributed by atoms with E-state index < -0.39 is 9.84 Å². The van der Waals surface area contributed by atoms with E-state index in [9.17, 15) is 18.2 Å². The number of nitrogens with one attached hydrogen (secondary N) is 2. The molecule has 2 rings (SSSR count). The van der Waals surface area contributed by atoms with Crippen LogP contribution in [-0.2, 0) is 9.84 Å². The summed E-state index contributed by atoms with van der Waals surface area (Å²) in [6, 6.07) is 11.2. The molecule has 0 aliphatic carbocycles. The van der Waals surface area contributed by atoms with Gasteiger partial charge in [-0.2, -0.15) is 0 Å². The number of hydrogen-bond donors (Lipinski definition) is 2. The molecule has 22 heavy (non-hydrogen) atoms. The smallest absolute Gasteiger partial charge is 0.242 e. The number of anilines is 2. The van der Waals surface area contributed by atoms with Crippen molar-refractivity contribution < 1.29 is 38.0 Å². The monoisotopic (exact) mass is 329 g/mol. The first-order valence-corrected chi connectivity index (χ1v) is 7.18. The molecule has 0 saturated carbocycles. The molecule has 0 aliphatic rings. The van der Waals surface area contributed by atoms with Gasteiger partial charge in [0, 0.05) is 0 Å². The van der Waals surface area contributed by atoms with E-state index in [4.69, 9.17) is 0 Å². The van der Waals surface area contributed by atoms with Crippen LogP contribution in [0.5, 0.6) is 0 Å². The van der Waals surface area contributed by atoms with Crippen LogP contribution in [0.25, 0.3) is 0 Å². The van der Waals surface area contributed by atoms with Gasteiger partial charge in [0.15, 0.2) is 0 Å².